The van der Waals surface area contributed by atoms with E-state index in [2.05, 4.69) is 15.9 Å². The SMILES string of the molecule is Cc1ccc(F)c(C(=O)N2C[C@@H](C(F)(F)F)[C@H](C(=O)O)C2)c1Br. The number of likely N-dealkylation sites (tertiary alicyclic amines) is 1. The van der Waals surface area contributed by atoms with Crippen molar-refractivity contribution in [2.45, 2.75) is 13.1 Å². The zero-order valence-corrected chi connectivity index (χ0v) is 13.4. The Hall–Kier alpha value is -1.64. The summed E-state index contributed by atoms with van der Waals surface area (Å²) in [6, 6.07) is 2.46. The summed E-state index contributed by atoms with van der Waals surface area (Å²) in [4.78, 5) is 24.1. The number of amides is 1. The number of nitrogens with zero attached hydrogens (tertiary/aromatic N) is 1. The molecule has 1 saturated heterocycles. The molecule has 0 spiro atoms. The van der Waals surface area contributed by atoms with E-state index in [4.69, 9.17) is 5.11 Å². The fourth-order valence-electron chi connectivity index (χ4n) is 2.56. The molecule has 0 radical (unpaired) electrons. The second-order valence-electron chi connectivity index (χ2n) is 5.36. The fraction of sp³-hybridized carbons (Fsp3) is 0.429. The Morgan fingerprint density at radius 2 is 1.91 bits per heavy atom. The van der Waals surface area contributed by atoms with E-state index < -0.39 is 54.4 Å². The van der Waals surface area contributed by atoms with Crippen molar-refractivity contribution in [2.75, 3.05) is 13.1 Å². The van der Waals surface area contributed by atoms with Gasteiger partial charge in [-0.15, -0.1) is 0 Å². The van der Waals surface area contributed by atoms with Gasteiger partial charge in [-0.1, -0.05) is 6.07 Å². The van der Waals surface area contributed by atoms with Crippen LogP contribution in [-0.2, 0) is 4.79 Å². The first-order valence-corrected chi connectivity index (χ1v) is 7.36. The first-order valence-electron chi connectivity index (χ1n) is 6.57. The van der Waals surface area contributed by atoms with Crippen LogP contribution in [0, 0.1) is 24.6 Å². The number of carbonyl (C=O) groups excluding carboxylic acids is 1. The van der Waals surface area contributed by atoms with Crippen molar-refractivity contribution in [1.29, 1.82) is 0 Å². The summed E-state index contributed by atoms with van der Waals surface area (Å²) in [6.07, 6.45) is -4.75. The molecule has 23 heavy (non-hydrogen) atoms. The first kappa shape index (κ1) is 17.7. The van der Waals surface area contributed by atoms with Gasteiger partial charge in [-0.3, -0.25) is 9.59 Å². The Bertz CT molecular complexity index is 662. The summed E-state index contributed by atoms with van der Waals surface area (Å²) < 4.78 is 52.9. The van der Waals surface area contributed by atoms with Gasteiger partial charge in [0, 0.05) is 17.6 Å². The van der Waals surface area contributed by atoms with Gasteiger partial charge in [-0.25, -0.2) is 4.39 Å². The lowest BCUT2D eigenvalue weighted by Crippen LogP contribution is -2.34. The van der Waals surface area contributed by atoms with Crippen molar-refractivity contribution in [3.63, 3.8) is 0 Å². The molecule has 1 aromatic rings. The maximum absolute atomic E-state index is 13.9. The molecular formula is C14H12BrF4NO3. The van der Waals surface area contributed by atoms with Crippen molar-refractivity contribution >= 4 is 27.8 Å². The van der Waals surface area contributed by atoms with Crippen LogP contribution in [0.25, 0.3) is 0 Å². The largest absolute Gasteiger partial charge is 0.481 e. The minimum atomic E-state index is -4.75. The van der Waals surface area contributed by atoms with Crippen molar-refractivity contribution in [2.24, 2.45) is 11.8 Å². The molecule has 0 aromatic heterocycles. The number of carbonyl (C=O) groups is 2. The lowest BCUT2D eigenvalue weighted by molar-refractivity contribution is -0.187. The van der Waals surface area contributed by atoms with Crippen LogP contribution in [0.2, 0.25) is 0 Å². The van der Waals surface area contributed by atoms with E-state index >= 15 is 0 Å². The van der Waals surface area contributed by atoms with E-state index in [-0.39, 0.29) is 4.47 Å². The number of hydrogen-bond acceptors (Lipinski definition) is 2. The molecule has 1 heterocycles. The van der Waals surface area contributed by atoms with Gasteiger partial charge < -0.3 is 10.0 Å². The summed E-state index contributed by atoms with van der Waals surface area (Å²) in [6.45, 7) is 0.181. The Morgan fingerprint density at radius 1 is 1.30 bits per heavy atom. The van der Waals surface area contributed by atoms with Gasteiger partial charge in [0.05, 0.1) is 17.4 Å². The highest BCUT2D eigenvalue weighted by Crippen LogP contribution is 2.39. The Morgan fingerprint density at radius 3 is 2.39 bits per heavy atom. The van der Waals surface area contributed by atoms with Crippen LogP contribution in [0.3, 0.4) is 0 Å². The monoisotopic (exact) mass is 397 g/mol. The van der Waals surface area contributed by atoms with E-state index in [1.54, 1.807) is 6.92 Å². The minimum absolute atomic E-state index is 0.143. The number of alkyl halides is 3. The number of benzene rings is 1. The smallest absolute Gasteiger partial charge is 0.394 e. The van der Waals surface area contributed by atoms with Gasteiger partial charge in [0.2, 0.25) is 0 Å². The molecule has 9 heteroatoms. The highest BCUT2D eigenvalue weighted by molar-refractivity contribution is 9.10. The molecule has 126 valence electrons. The van der Waals surface area contributed by atoms with Crippen LogP contribution < -0.4 is 0 Å². The summed E-state index contributed by atoms with van der Waals surface area (Å²) in [5.41, 5.74) is 0.146. The van der Waals surface area contributed by atoms with E-state index in [9.17, 15) is 27.2 Å². The standard InChI is InChI=1S/C14H12BrF4NO3/c1-6-2-3-9(16)10(11(6)15)12(21)20-4-7(13(22)23)8(5-20)14(17,18)19/h2-3,7-8H,4-5H2,1H3,(H,22,23)/t7-,8-/m1/s1. The lowest BCUT2D eigenvalue weighted by Gasteiger charge is -2.19. The van der Waals surface area contributed by atoms with E-state index in [0.717, 1.165) is 11.0 Å². The second-order valence-corrected chi connectivity index (χ2v) is 6.15. The molecule has 0 unspecified atom stereocenters. The first-order chi connectivity index (χ1) is 10.5. The van der Waals surface area contributed by atoms with Crippen molar-refractivity contribution < 1.29 is 32.3 Å². The molecule has 1 fully saturated rings. The van der Waals surface area contributed by atoms with Crippen LogP contribution in [0.5, 0.6) is 0 Å². The van der Waals surface area contributed by atoms with Gasteiger partial charge in [0.15, 0.2) is 0 Å². The molecule has 2 atom stereocenters. The molecule has 0 saturated carbocycles. The Labute approximate surface area is 137 Å². The molecule has 1 aliphatic heterocycles. The van der Waals surface area contributed by atoms with Gasteiger partial charge in [0.25, 0.3) is 5.91 Å². The number of hydrogen-bond donors (Lipinski definition) is 1. The molecule has 2 rings (SSSR count). The van der Waals surface area contributed by atoms with Gasteiger partial charge in [-0.2, -0.15) is 13.2 Å². The molecule has 1 N–H and O–H groups in total. The molecule has 0 bridgehead atoms. The number of halogens is 5. The molecule has 4 nitrogen and oxygen atoms in total. The number of aliphatic carboxylic acids is 1. The van der Waals surface area contributed by atoms with E-state index in [1.807, 2.05) is 0 Å². The second kappa shape index (κ2) is 6.10. The molecular weight excluding hydrogens is 386 g/mol. The third kappa shape index (κ3) is 3.34. The molecule has 1 amide bonds. The van der Waals surface area contributed by atoms with E-state index in [0.29, 0.717) is 5.56 Å². The molecule has 1 aliphatic rings. The Balaban J connectivity index is 2.35. The summed E-state index contributed by atoms with van der Waals surface area (Å²) in [5.74, 6) is -7.40. The van der Waals surface area contributed by atoms with Crippen molar-refractivity contribution in [1.82, 2.24) is 4.90 Å². The van der Waals surface area contributed by atoms with Crippen LogP contribution >= 0.6 is 15.9 Å². The number of aryl methyl sites for hydroxylation is 1. The van der Waals surface area contributed by atoms with Crippen molar-refractivity contribution in [3.05, 3.63) is 33.5 Å². The van der Waals surface area contributed by atoms with Crippen LogP contribution in [0.4, 0.5) is 17.6 Å². The topological polar surface area (TPSA) is 57.6 Å². The lowest BCUT2D eigenvalue weighted by atomic mass is 9.96. The average molecular weight is 398 g/mol. The third-order valence-electron chi connectivity index (χ3n) is 3.84. The zero-order chi connectivity index (χ0) is 17.5. The fourth-order valence-corrected chi connectivity index (χ4v) is 3.05. The third-order valence-corrected chi connectivity index (χ3v) is 4.86. The van der Waals surface area contributed by atoms with Crippen molar-refractivity contribution in [3.8, 4) is 0 Å². The van der Waals surface area contributed by atoms with Crippen LogP contribution in [-0.4, -0.2) is 41.1 Å². The summed E-state index contributed by atoms with van der Waals surface area (Å²) in [5, 5.41) is 8.95. The quantitative estimate of drug-likeness (QED) is 0.779. The van der Waals surface area contributed by atoms with Gasteiger partial charge >= 0.3 is 12.1 Å². The number of rotatable bonds is 2. The number of carboxylic acids is 1. The van der Waals surface area contributed by atoms with Crippen LogP contribution in [0.1, 0.15) is 15.9 Å². The average Bonchev–Trinajstić information content (AvgIpc) is 2.88. The molecule has 0 aliphatic carbocycles. The maximum Gasteiger partial charge on any atom is 0.394 e. The van der Waals surface area contributed by atoms with Gasteiger partial charge in [-0.05, 0) is 34.5 Å². The van der Waals surface area contributed by atoms with E-state index in [1.165, 1.54) is 6.07 Å². The highest BCUT2D eigenvalue weighted by Gasteiger charge is 2.53. The summed E-state index contributed by atoms with van der Waals surface area (Å²) >= 11 is 3.05. The number of carboxylic acid groups (broad SMARTS) is 1. The minimum Gasteiger partial charge on any atom is -0.481 e. The normalized spacial score (nSPS) is 21.6. The maximum atomic E-state index is 13.9. The highest BCUT2D eigenvalue weighted by atomic mass is 79.9. The molecule has 1 aromatic carbocycles. The van der Waals surface area contributed by atoms with Crippen LogP contribution in [0.15, 0.2) is 16.6 Å². The predicted molar refractivity (Wildman–Crippen MR) is 75.4 cm³/mol. The zero-order valence-electron chi connectivity index (χ0n) is 11.8. The predicted octanol–water partition coefficient (Wildman–Crippen LogP) is 3.23. The summed E-state index contributed by atoms with van der Waals surface area (Å²) in [7, 11) is 0. The Kier molecular flexibility index (Phi) is 4.70. The van der Waals surface area contributed by atoms with Gasteiger partial charge in [0.1, 0.15) is 5.82 Å².